The Bertz CT molecular complexity index is 648. The van der Waals surface area contributed by atoms with Gasteiger partial charge in [-0.3, -0.25) is 9.48 Å². The number of nitrogens with two attached hydrogens (primary N) is 1. The second kappa shape index (κ2) is 5.58. The first-order chi connectivity index (χ1) is 9.42. The summed E-state index contributed by atoms with van der Waals surface area (Å²) in [5.41, 5.74) is 5.16. The Kier molecular flexibility index (Phi) is 4.03. The second-order valence-electron chi connectivity index (χ2n) is 3.99. The minimum Gasteiger partial charge on any atom is -0.396 e. The van der Waals surface area contributed by atoms with E-state index in [4.69, 9.17) is 5.73 Å². The van der Waals surface area contributed by atoms with Crippen LogP contribution in [0.4, 0.5) is 20.2 Å². The fourth-order valence-electron chi connectivity index (χ4n) is 1.61. The lowest BCUT2D eigenvalue weighted by Crippen LogP contribution is -2.16. The van der Waals surface area contributed by atoms with E-state index in [9.17, 15) is 13.6 Å². The molecule has 0 aliphatic rings. The van der Waals surface area contributed by atoms with Crippen LogP contribution in [0, 0.1) is 11.6 Å². The minimum absolute atomic E-state index is 0.0754. The fraction of sp³-hybridized carbons (Fsp3) is 0.167. The molecule has 5 nitrogen and oxygen atoms in total. The highest BCUT2D eigenvalue weighted by molar-refractivity contribution is 9.10. The first-order valence-electron chi connectivity index (χ1n) is 5.71. The molecule has 8 heteroatoms. The van der Waals surface area contributed by atoms with Crippen LogP contribution in [0.1, 0.15) is 17.4 Å². The van der Waals surface area contributed by atoms with Crippen molar-refractivity contribution in [3.05, 3.63) is 40.1 Å². The van der Waals surface area contributed by atoms with Crippen molar-refractivity contribution in [1.29, 1.82) is 0 Å². The average Bonchev–Trinajstić information content (AvgIpc) is 2.75. The summed E-state index contributed by atoms with van der Waals surface area (Å²) >= 11 is 2.95. The summed E-state index contributed by atoms with van der Waals surface area (Å²) in [7, 11) is 0. The number of anilines is 2. The lowest BCUT2D eigenvalue weighted by Gasteiger charge is -2.07. The molecule has 0 unspecified atom stereocenters. The summed E-state index contributed by atoms with van der Waals surface area (Å²) in [4.78, 5) is 11.9. The summed E-state index contributed by atoms with van der Waals surface area (Å²) < 4.78 is 28.9. The van der Waals surface area contributed by atoms with Crippen LogP contribution >= 0.6 is 15.9 Å². The number of aryl methyl sites for hydroxylation is 1. The third kappa shape index (κ3) is 2.79. The maximum absolute atomic E-state index is 13.6. The van der Waals surface area contributed by atoms with Crippen LogP contribution in [0.3, 0.4) is 0 Å². The maximum Gasteiger partial charge on any atom is 0.278 e. The Morgan fingerprint density at radius 3 is 2.55 bits per heavy atom. The van der Waals surface area contributed by atoms with E-state index in [0.29, 0.717) is 6.54 Å². The van der Waals surface area contributed by atoms with Crippen molar-refractivity contribution in [3.8, 4) is 0 Å². The van der Waals surface area contributed by atoms with Crippen LogP contribution in [0.2, 0.25) is 0 Å². The highest BCUT2D eigenvalue weighted by atomic mass is 79.9. The van der Waals surface area contributed by atoms with Crippen LogP contribution < -0.4 is 11.1 Å². The highest BCUT2D eigenvalue weighted by Crippen LogP contribution is 2.24. The number of benzene rings is 1. The van der Waals surface area contributed by atoms with E-state index in [0.717, 1.165) is 12.1 Å². The van der Waals surface area contributed by atoms with Gasteiger partial charge in [0, 0.05) is 17.2 Å². The Morgan fingerprint density at radius 2 is 2.05 bits per heavy atom. The normalized spacial score (nSPS) is 10.6. The SMILES string of the molecule is CCn1cc(N)c(C(=O)Nc2c(F)cc(Br)cc2F)n1. The number of aromatic nitrogens is 2. The molecule has 0 atom stereocenters. The van der Waals surface area contributed by atoms with Crippen LogP contribution in [-0.4, -0.2) is 15.7 Å². The third-order valence-corrected chi connectivity index (χ3v) is 3.03. The van der Waals surface area contributed by atoms with Gasteiger partial charge >= 0.3 is 0 Å². The van der Waals surface area contributed by atoms with E-state index in [2.05, 4.69) is 26.3 Å². The van der Waals surface area contributed by atoms with Crippen LogP contribution in [0.15, 0.2) is 22.8 Å². The smallest absolute Gasteiger partial charge is 0.278 e. The van der Waals surface area contributed by atoms with E-state index in [1.54, 1.807) is 0 Å². The molecule has 1 heterocycles. The van der Waals surface area contributed by atoms with Crippen LogP contribution in [0.5, 0.6) is 0 Å². The number of carbonyl (C=O) groups is 1. The molecule has 20 heavy (non-hydrogen) atoms. The monoisotopic (exact) mass is 344 g/mol. The summed E-state index contributed by atoms with van der Waals surface area (Å²) in [6, 6.07) is 2.10. The molecule has 1 amide bonds. The topological polar surface area (TPSA) is 72.9 Å². The highest BCUT2D eigenvalue weighted by Gasteiger charge is 2.19. The number of carbonyl (C=O) groups excluding carboxylic acids is 1. The number of amides is 1. The van der Waals surface area contributed by atoms with E-state index in [-0.39, 0.29) is 15.9 Å². The quantitative estimate of drug-likeness (QED) is 0.899. The number of halogens is 3. The van der Waals surface area contributed by atoms with Gasteiger partial charge in [0.05, 0.1) is 5.69 Å². The molecule has 0 spiro atoms. The first-order valence-corrected chi connectivity index (χ1v) is 6.50. The van der Waals surface area contributed by atoms with Crippen LogP contribution in [0.25, 0.3) is 0 Å². The molecule has 106 valence electrons. The zero-order chi connectivity index (χ0) is 14.9. The molecular formula is C12H11BrF2N4O. The molecule has 0 saturated carbocycles. The van der Waals surface area contributed by atoms with Crippen molar-refractivity contribution in [2.75, 3.05) is 11.1 Å². The zero-order valence-electron chi connectivity index (χ0n) is 10.5. The van der Waals surface area contributed by atoms with Gasteiger partial charge < -0.3 is 11.1 Å². The Morgan fingerprint density at radius 1 is 1.45 bits per heavy atom. The van der Waals surface area contributed by atoms with Crippen molar-refractivity contribution in [2.45, 2.75) is 13.5 Å². The van der Waals surface area contributed by atoms with Gasteiger partial charge in [-0.1, -0.05) is 15.9 Å². The molecule has 1 aromatic heterocycles. The average molecular weight is 345 g/mol. The fourth-order valence-corrected chi connectivity index (χ4v) is 2.01. The summed E-state index contributed by atoms with van der Waals surface area (Å²) in [5.74, 6) is -2.55. The van der Waals surface area contributed by atoms with Gasteiger partial charge in [0.2, 0.25) is 0 Å². The van der Waals surface area contributed by atoms with Gasteiger partial charge in [-0.2, -0.15) is 5.10 Å². The molecule has 0 saturated heterocycles. The van der Waals surface area contributed by atoms with Crippen molar-refractivity contribution < 1.29 is 13.6 Å². The second-order valence-corrected chi connectivity index (χ2v) is 4.90. The van der Waals surface area contributed by atoms with Gasteiger partial charge in [0.25, 0.3) is 5.91 Å². The number of hydrogen-bond acceptors (Lipinski definition) is 3. The molecule has 0 aliphatic carbocycles. The zero-order valence-corrected chi connectivity index (χ0v) is 12.0. The number of nitrogens with zero attached hydrogens (tertiary/aromatic N) is 2. The molecular weight excluding hydrogens is 334 g/mol. The van der Waals surface area contributed by atoms with Crippen LogP contribution in [-0.2, 0) is 6.54 Å². The molecule has 3 N–H and O–H groups in total. The Balaban J connectivity index is 2.30. The molecule has 2 rings (SSSR count). The third-order valence-electron chi connectivity index (χ3n) is 2.57. The number of hydrogen-bond donors (Lipinski definition) is 2. The summed E-state index contributed by atoms with van der Waals surface area (Å²) in [6.45, 7) is 2.35. The minimum atomic E-state index is -0.890. The van der Waals surface area contributed by atoms with E-state index >= 15 is 0 Å². The predicted octanol–water partition coefficient (Wildman–Crippen LogP) is 2.78. The van der Waals surface area contributed by atoms with Gasteiger partial charge in [0.15, 0.2) is 17.3 Å². The molecule has 1 aromatic carbocycles. The van der Waals surface area contributed by atoms with Crippen molar-refractivity contribution >= 4 is 33.2 Å². The first kappa shape index (κ1) is 14.4. The molecule has 2 aromatic rings. The molecule has 0 radical (unpaired) electrons. The number of nitrogens with one attached hydrogen (secondary N) is 1. The Hall–Kier alpha value is -1.96. The summed E-state index contributed by atoms with van der Waals surface area (Å²) in [6.07, 6.45) is 1.48. The summed E-state index contributed by atoms with van der Waals surface area (Å²) in [5, 5.41) is 6.06. The lowest BCUT2D eigenvalue weighted by molar-refractivity contribution is 0.102. The lowest BCUT2D eigenvalue weighted by atomic mass is 10.2. The van der Waals surface area contributed by atoms with Gasteiger partial charge in [0.1, 0.15) is 5.69 Å². The number of nitrogen functional groups attached to an aromatic ring is 1. The maximum atomic E-state index is 13.6. The molecule has 0 fully saturated rings. The number of rotatable bonds is 3. The Labute approximate surface area is 121 Å². The van der Waals surface area contributed by atoms with Crippen molar-refractivity contribution in [2.24, 2.45) is 0 Å². The largest absolute Gasteiger partial charge is 0.396 e. The molecule has 0 bridgehead atoms. The standard InChI is InChI=1S/C12H11BrF2N4O/c1-2-19-5-9(16)11(18-19)12(20)17-10-7(14)3-6(13)4-8(10)15/h3-5H,2,16H2,1H3,(H,17,20). The van der Waals surface area contributed by atoms with Gasteiger partial charge in [-0.05, 0) is 19.1 Å². The van der Waals surface area contributed by atoms with Gasteiger partial charge in [-0.15, -0.1) is 0 Å². The van der Waals surface area contributed by atoms with Crippen molar-refractivity contribution in [3.63, 3.8) is 0 Å². The van der Waals surface area contributed by atoms with Crippen molar-refractivity contribution in [1.82, 2.24) is 9.78 Å². The van der Waals surface area contributed by atoms with Gasteiger partial charge in [-0.25, -0.2) is 8.78 Å². The predicted molar refractivity (Wildman–Crippen MR) is 74.3 cm³/mol. The molecule has 0 aliphatic heterocycles. The van der Waals surface area contributed by atoms with E-state index in [1.807, 2.05) is 6.92 Å². The van der Waals surface area contributed by atoms with E-state index in [1.165, 1.54) is 10.9 Å². The van der Waals surface area contributed by atoms with E-state index < -0.39 is 23.2 Å².